The van der Waals surface area contributed by atoms with Crippen molar-refractivity contribution in [1.82, 2.24) is 9.03 Å². The number of hydrogen-bond acceptors (Lipinski definition) is 3. The van der Waals surface area contributed by atoms with Gasteiger partial charge < -0.3 is 5.32 Å². The Hall–Kier alpha value is -2.56. The zero-order valence-corrected chi connectivity index (χ0v) is 20.1. The number of halogens is 4. The first-order valence-electron chi connectivity index (χ1n) is 10.1. The van der Waals surface area contributed by atoms with Gasteiger partial charge in [0, 0.05) is 24.3 Å². The van der Waals surface area contributed by atoms with Crippen LogP contribution in [0.3, 0.4) is 0 Å². The van der Waals surface area contributed by atoms with Crippen molar-refractivity contribution in [2.45, 2.75) is 18.5 Å². The van der Waals surface area contributed by atoms with Crippen LogP contribution in [-0.2, 0) is 15.0 Å². The first-order valence-corrected chi connectivity index (χ1v) is 12.3. The van der Waals surface area contributed by atoms with E-state index in [-0.39, 0.29) is 22.2 Å². The summed E-state index contributed by atoms with van der Waals surface area (Å²) in [5.41, 5.74) is 2.10. The van der Waals surface area contributed by atoms with E-state index < -0.39 is 39.8 Å². The van der Waals surface area contributed by atoms with E-state index in [1.165, 1.54) is 31.3 Å². The van der Waals surface area contributed by atoms with Gasteiger partial charge in [0.2, 0.25) is 5.91 Å². The molecule has 2 N–H and O–H groups in total. The van der Waals surface area contributed by atoms with E-state index in [0.29, 0.717) is 16.7 Å². The van der Waals surface area contributed by atoms with E-state index in [1.807, 2.05) is 0 Å². The molecule has 4 rings (SSSR count). The van der Waals surface area contributed by atoms with Crippen molar-refractivity contribution < 1.29 is 22.0 Å². The molecule has 2 atom stereocenters. The first kappa shape index (κ1) is 24.6. The van der Waals surface area contributed by atoms with Crippen molar-refractivity contribution in [2.75, 3.05) is 12.4 Å². The van der Waals surface area contributed by atoms with Crippen LogP contribution in [0.1, 0.15) is 18.0 Å². The van der Waals surface area contributed by atoms with Crippen LogP contribution in [0, 0.1) is 11.6 Å². The second-order valence-electron chi connectivity index (χ2n) is 7.81. The van der Waals surface area contributed by atoms with Gasteiger partial charge in [0.05, 0.1) is 10.0 Å². The molecule has 6 nitrogen and oxygen atoms in total. The van der Waals surface area contributed by atoms with Crippen molar-refractivity contribution in [3.05, 3.63) is 87.9 Å². The molecule has 34 heavy (non-hydrogen) atoms. The molecule has 0 saturated carbocycles. The van der Waals surface area contributed by atoms with E-state index >= 15 is 0 Å². The van der Waals surface area contributed by atoms with E-state index in [1.54, 1.807) is 30.3 Å². The number of carbonyl (C=O) groups excluding carboxylic acids is 1. The third kappa shape index (κ3) is 5.08. The summed E-state index contributed by atoms with van der Waals surface area (Å²) in [5, 5.41) is 2.64. The van der Waals surface area contributed by atoms with Crippen LogP contribution in [0.4, 0.5) is 14.5 Å². The summed E-state index contributed by atoms with van der Waals surface area (Å²) < 4.78 is 56.0. The van der Waals surface area contributed by atoms with Gasteiger partial charge in [0.1, 0.15) is 17.7 Å². The predicted molar refractivity (Wildman–Crippen MR) is 128 cm³/mol. The maximum absolute atomic E-state index is 13.4. The monoisotopic (exact) mass is 525 g/mol. The molecule has 0 unspecified atom stereocenters. The average molecular weight is 526 g/mol. The van der Waals surface area contributed by atoms with Crippen molar-refractivity contribution in [3.8, 4) is 11.1 Å². The molecule has 0 radical (unpaired) electrons. The van der Waals surface area contributed by atoms with E-state index in [4.69, 9.17) is 23.2 Å². The van der Waals surface area contributed by atoms with Crippen LogP contribution in [0.15, 0.2) is 60.7 Å². The fraction of sp³-hybridized carbons (Fsp3) is 0.174. The van der Waals surface area contributed by atoms with E-state index in [0.717, 1.165) is 10.4 Å². The molecule has 0 bridgehead atoms. The molecule has 1 heterocycles. The Morgan fingerprint density at radius 3 is 2.53 bits per heavy atom. The largest absolute Gasteiger partial charge is 0.325 e. The lowest BCUT2D eigenvalue weighted by Gasteiger charge is -2.36. The van der Waals surface area contributed by atoms with Gasteiger partial charge in [-0.2, -0.15) is 17.4 Å². The molecule has 0 aromatic heterocycles. The van der Waals surface area contributed by atoms with E-state index in [2.05, 4.69) is 10.0 Å². The average Bonchev–Trinajstić information content (AvgIpc) is 2.78. The maximum atomic E-state index is 13.4. The molecule has 1 amide bonds. The predicted octanol–water partition coefficient (Wildman–Crippen LogP) is 5.16. The van der Waals surface area contributed by atoms with Crippen LogP contribution in [0.5, 0.6) is 0 Å². The summed E-state index contributed by atoms with van der Waals surface area (Å²) in [5.74, 6) is -1.69. The van der Waals surface area contributed by atoms with Gasteiger partial charge >= 0.3 is 0 Å². The molecular weight excluding hydrogens is 507 g/mol. The van der Waals surface area contributed by atoms with Crippen LogP contribution in [0.25, 0.3) is 11.1 Å². The zero-order valence-electron chi connectivity index (χ0n) is 17.7. The Labute approximate surface area is 205 Å². The summed E-state index contributed by atoms with van der Waals surface area (Å²) in [6, 6.07) is 12.9. The topological polar surface area (TPSA) is 78.5 Å². The fourth-order valence-electron chi connectivity index (χ4n) is 3.77. The van der Waals surface area contributed by atoms with Crippen molar-refractivity contribution >= 4 is 45.0 Å². The van der Waals surface area contributed by atoms with Crippen LogP contribution >= 0.6 is 23.2 Å². The summed E-state index contributed by atoms with van der Waals surface area (Å²) >= 11 is 12.0. The molecule has 178 valence electrons. The minimum atomic E-state index is -3.99. The molecule has 1 saturated heterocycles. The number of amides is 1. The minimum absolute atomic E-state index is 0.122. The van der Waals surface area contributed by atoms with Gasteiger partial charge in [-0.15, -0.1) is 0 Å². The van der Waals surface area contributed by atoms with Gasteiger partial charge in [-0.1, -0.05) is 41.4 Å². The van der Waals surface area contributed by atoms with Gasteiger partial charge in [-0.05, 0) is 60.0 Å². The lowest BCUT2D eigenvalue weighted by Crippen LogP contribution is -2.55. The summed E-state index contributed by atoms with van der Waals surface area (Å²) in [4.78, 5) is 13.0. The number of rotatable bonds is 4. The molecule has 1 aliphatic heterocycles. The molecule has 1 fully saturated rings. The third-order valence-corrected chi connectivity index (χ3v) is 7.79. The lowest BCUT2D eigenvalue weighted by molar-refractivity contribution is -0.120. The van der Waals surface area contributed by atoms with Gasteiger partial charge in [0.15, 0.2) is 0 Å². The van der Waals surface area contributed by atoms with Gasteiger partial charge in [-0.25, -0.2) is 8.78 Å². The first-order chi connectivity index (χ1) is 16.0. The highest BCUT2D eigenvalue weighted by Gasteiger charge is 2.40. The summed E-state index contributed by atoms with van der Waals surface area (Å²) in [7, 11) is -2.69. The second-order valence-corrected chi connectivity index (χ2v) is 10.4. The third-order valence-electron chi connectivity index (χ3n) is 5.59. The fourth-order valence-corrected chi connectivity index (χ4v) is 5.50. The summed E-state index contributed by atoms with van der Waals surface area (Å²) in [6.45, 7) is 0. The highest BCUT2D eigenvalue weighted by Crippen LogP contribution is 2.33. The number of anilines is 1. The van der Waals surface area contributed by atoms with E-state index in [9.17, 15) is 22.0 Å². The molecule has 3 aromatic rings. The zero-order chi connectivity index (χ0) is 24.6. The maximum Gasteiger partial charge on any atom is 0.280 e. The normalized spacial score (nSPS) is 20.1. The highest BCUT2D eigenvalue weighted by molar-refractivity contribution is 7.87. The molecule has 1 aliphatic rings. The highest BCUT2D eigenvalue weighted by atomic mass is 35.5. The Balaban J connectivity index is 1.62. The molecular formula is C23H19Cl2F2N3O3S. The van der Waals surface area contributed by atoms with Crippen molar-refractivity contribution in [3.63, 3.8) is 0 Å². The van der Waals surface area contributed by atoms with Crippen molar-refractivity contribution in [1.29, 1.82) is 0 Å². The Morgan fingerprint density at radius 2 is 1.82 bits per heavy atom. The standard InChI is InChI=1S/C23H19Cl2F2N3O3S/c1-30-22(23(31)28-16-6-8-20(27)19(25)11-16)12-21(29-34(30,32)33)14-4-2-3-13(9-14)17-7-5-15(26)10-18(17)24/h2-11,21-22,29H,12H2,1H3,(H,28,31)/t21-,22+/m0/s1. The molecule has 11 heteroatoms. The summed E-state index contributed by atoms with van der Waals surface area (Å²) in [6.07, 6.45) is 0.122. The Morgan fingerprint density at radius 1 is 1.06 bits per heavy atom. The molecule has 3 aromatic carbocycles. The number of nitrogens with one attached hydrogen (secondary N) is 2. The minimum Gasteiger partial charge on any atom is -0.325 e. The number of nitrogens with zero attached hydrogens (tertiary/aromatic N) is 1. The SMILES string of the molecule is CN1[C@@H](C(=O)Nc2ccc(F)c(Cl)c2)C[C@@H](c2cccc(-c3ccc(F)cc3Cl)c2)NS1(=O)=O. The van der Waals surface area contributed by atoms with Gasteiger partial charge in [0.25, 0.3) is 10.2 Å². The lowest BCUT2D eigenvalue weighted by atomic mass is 9.95. The second kappa shape index (κ2) is 9.59. The molecule has 0 spiro atoms. The number of likely N-dealkylation sites (N-methyl/N-ethyl adjacent to an activating group) is 1. The quantitative estimate of drug-likeness (QED) is 0.493. The smallest absolute Gasteiger partial charge is 0.280 e. The van der Waals surface area contributed by atoms with Crippen LogP contribution < -0.4 is 10.0 Å². The van der Waals surface area contributed by atoms with Crippen LogP contribution in [0.2, 0.25) is 10.0 Å². The van der Waals surface area contributed by atoms with Crippen molar-refractivity contribution in [2.24, 2.45) is 0 Å². The number of benzene rings is 3. The molecule has 0 aliphatic carbocycles. The Bertz CT molecular complexity index is 1370. The number of carbonyl (C=O) groups is 1. The van der Waals surface area contributed by atoms with Gasteiger partial charge in [-0.3, -0.25) is 4.79 Å². The number of hydrogen-bond donors (Lipinski definition) is 2. The van der Waals surface area contributed by atoms with Crippen LogP contribution in [-0.4, -0.2) is 31.7 Å². The Kier molecular flexibility index (Phi) is 6.93.